The van der Waals surface area contributed by atoms with Gasteiger partial charge in [0, 0.05) is 54.7 Å². The van der Waals surface area contributed by atoms with E-state index in [9.17, 15) is 19.5 Å². The number of anilines is 1. The molecule has 0 aliphatic carbocycles. The number of methoxy groups -OCH3 is 2. The highest BCUT2D eigenvalue weighted by Crippen LogP contribution is 2.43. The molecule has 2 amide bonds. The monoisotopic (exact) mass is 602 g/mol. The van der Waals surface area contributed by atoms with Crippen molar-refractivity contribution >= 4 is 35.1 Å². The normalized spacial score (nSPS) is 16.0. The van der Waals surface area contributed by atoms with Crippen molar-refractivity contribution in [2.45, 2.75) is 59.5 Å². The van der Waals surface area contributed by atoms with Gasteiger partial charge >= 0.3 is 5.97 Å². The second kappa shape index (κ2) is 14.7. The van der Waals surface area contributed by atoms with E-state index in [0.717, 1.165) is 0 Å². The number of aliphatic hydroxyl groups is 1. The minimum Gasteiger partial charge on any atom is -0.496 e. The second-order valence-corrected chi connectivity index (χ2v) is 12.1. The third-order valence-electron chi connectivity index (χ3n) is 7.17. The van der Waals surface area contributed by atoms with E-state index in [1.165, 1.54) is 14.2 Å². The average Bonchev–Trinajstić information content (AvgIpc) is 2.97. The molecule has 1 aliphatic rings. The molecule has 42 heavy (non-hydrogen) atoms. The van der Waals surface area contributed by atoms with Crippen molar-refractivity contribution in [2.75, 3.05) is 45.4 Å². The van der Waals surface area contributed by atoms with Crippen LogP contribution in [0.25, 0.3) is 0 Å². The highest BCUT2D eigenvalue weighted by atomic mass is 35.5. The van der Waals surface area contributed by atoms with E-state index in [4.69, 9.17) is 25.8 Å². The number of rotatable bonds is 11. The Labute approximate surface area is 253 Å². The molecule has 2 aromatic rings. The number of hydrogen-bond donors (Lipinski definition) is 1. The van der Waals surface area contributed by atoms with Gasteiger partial charge in [0.2, 0.25) is 11.8 Å². The molecule has 1 heterocycles. The fraction of sp³-hybridized carbons (Fsp3) is 0.531. The van der Waals surface area contributed by atoms with Crippen LogP contribution in [0.1, 0.15) is 70.6 Å². The molecular formula is C32H43ClN2O7. The van der Waals surface area contributed by atoms with Crippen LogP contribution >= 0.6 is 11.6 Å². The van der Waals surface area contributed by atoms with Crippen molar-refractivity contribution in [3.63, 3.8) is 0 Å². The second-order valence-electron chi connectivity index (χ2n) is 11.7. The summed E-state index contributed by atoms with van der Waals surface area (Å²) in [5, 5.41) is 12.0. The molecule has 10 heteroatoms. The zero-order chi connectivity index (χ0) is 31.0. The summed E-state index contributed by atoms with van der Waals surface area (Å²) in [5.41, 5.74) is 0.927. The molecule has 1 N–H and O–H groups in total. The molecule has 0 unspecified atom stereocenters. The maximum absolute atomic E-state index is 13.9. The molecule has 1 fully saturated rings. The molecule has 9 nitrogen and oxygen atoms in total. The number of benzene rings is 2. The van der Waals surface area contributed by atoms with Crippen LogP contribution in [0.5, 0.6) is 11.5 Å². The van der Waals surface area contributed by atoms with Crippen LogP contribution in [0, 0.1) is 11.3 Å². The van der Waals surface area contributed by atoms with Gasteiger partial charge in [-0.3, -0.25) is 14.4 Å². The molecule has 1 saturated heterocycles. The van der Waals surface area contributed by atoms with Gasteiger partial charge in [-0.05, 0) is 37.3 Å². The standard InChI is InChI=1S/C32H43ClN2O7/c1-7-42-31(39)21-11-10-16-34(19-21)27(36)14-15-28(37)35(20-32(2,3)4)29-24(17-22(33)18-26(29)41-6)30(38)23-12-8-9-13-25(23)40-5/h8-9,12-13,17-18,21,30,38H,7,10-11,14-16,19-20H2,1-6H3/t21-,30-/m1/s1. The zero-order valence-electron chi connectivity index (χ0n) is 25.4. The SMILES string of the molecule is CCOC(=O)[C@@H]1CCCN(C(=O)CCC(=O)N(CC(C)(C)C)c2c(OC)cc(Cl)cc2[C@H](O)c2ccccc2OC)C1. The van der Waals surface area contributed by atoms with Gasteiger partial charge in [-0.2, -0.15) is 0 Å². The zero-order valence-corrected chi connectivity index (χ0v) is 26.2. The number of ether oxygens (including phenoxy) is 3. The Hall–Kier alpha value is -3.30. The first-order valence-corrected chi connectivity index (χ1v) is 14.7. The fourth-order valence-electron chi connectivity index (χ4n) is 5.24. The van der Waals surface area contributed by atoms with E-state index in [2.05, 4.69) is 0 Å². The Balaban J connectivity index is 1.93. The molecule has 0 radical (unpaired) electrons. The number of carbonyl (C=O) groups excluding carboxylic acids is 3. The number of carbonyl (C=O) groups is 3. The van der Waals surface area contributed by atoms with Gasteiger partial charge in [-0.1, -0.05) is 50.6 Å². The Bertz CT molecular complexity index is 1260. The number of esters is 1. The first kappa shape index (κ1) is 33.2. The molecule has 230 valence electrons. The summed E-state index contributed by atoms with van der Waals surface area (Å²) in [7, 11) is 3.00. The summed E-state index contributed by atoms with van der Waals surface area (Å²) in [6.07, 6.45) is 0.106. The first-order chi connectivity index (χ1) is 19.9. The minimum absolute atomic E-state index is 0.0185. The van der Waals surface area contributed by atoms with Gasteiger partial charge in [0.25, 0.3) is 0 Å². The lowest BCUT2D eigenvalue weighted by Gasteiger charge is -2.34. The van der Waals surface area contributed by atoms with E-state index in [1.807, 2.05) is 20.8 Å². The molecule has 0 spiro atoms. The van der Waals surface area contributed by atoms with Gasteiger partial charge in [0.1, 0.15) is 17.6 Å². The highest BCUT2D eigenvalue weighted by Gasteiger charge is 2.33. The number of para-hydroxylation sites is 1. The van der Waals surface area contributed by atoms with Gasteiger partial charge in [-0.25, -0.2) is 0 Å². The van der Waals surface area contributed by atoms with Crippen LogP contribution in [0.15, 0.2) is 36.4 Å². The summed E-state index contributed by atoms with van der Waals surface area (Å²) in [6.45, 7) is 9.17. The predicted molar refractivity (Wildman–Crippen MR) is 162 cm³/mol. The molecule has 0 aromatic heterocycles. The van der Waals surface area contributed by atoms with Gasteiger partial charge in [-0.15, -0.1) is 0 Å². The largest absolute Gasteiger partial charge is 0.496 e. The number of halogens is 1. The Morgan fingerprint density at radius 2 is 1.76 bits per heavy atom. The lowest BCUT2D eigenvalue weighted by Crippen LogP contribution is -2.43. The third kappa shape index (κ3) is 8.38. The number of piperidine rings is 1. The van der Waals surface area contributed by atoms with Crippen LogP contribution in [0.4, 0.5) is 5.69 Å². The lowest BCUT2D eigenvalue weighted by molar-refractivity contribution is -0.151. The quantitative estimate of drug-likeness (QED) is 0.343. The number of aliphatic hydroxyl groups excluding tert-OH is 1. The van der Waals surface area contributed by atoms with Crippen LogP contribution < -0.4 is 14.4 Å². The molecule has 0 bridgehead atoms. The van der Waals surface area contributed by atoms with Crippen molar-refractivity contribution < 1.29 is 33.7 Å². The van der Waals surface area contributed by atoms with Crippen molar-refractivity contribution in [1.82, 2.24) is 4.90 Å². The predicted octanol–water partition coefficient (Wildman–Crippen LogP) is 5.40. The summed E-state index contributed by atoms with van der Waals surface area (Å²) in [5.74, 6) is -0.330. The first-order valence-electron chi connectivity index (χ1n) is 14.3. The lowest BCUT2D eigenvalue weighted by atomic mass is 9.93. The minimum atomic E-state index is -1.19. The number of amides is 2. The van der Waals surface area contributed by atoms with E-state index in [0.29, 0.717) is 59.3 Å². The Morgan fingerprint density at radius 3 is 2.40 bits per heavy atom. The Morgan fingerprint density at radius 1 is 1.07 bits per heavy atom. The van der Waals surface area contributed by atoms with Gasteiger partial charge < -0.3 is 29.1 Å². The van der Waals surface area contributed by atoms with E-state index in [-0.39, 0.29) is 55.0 Å². The number of nitrogens with zero attached hydrogens (tertiary/aromatic N) is 2. The highest BCUT2D eigenvalue weighted by molar-refractivity contribution is 6.31. The van der Waals surface area contributed by atoms with Crippen molar-refractivity contribution in [1.29, 1.82) is 0 Å². The summed E-state index contributed by atoms with van der Waals surface area (Å²) in [4.78, 5) is 42.6. The number of likely N-dealkylation sites (tertiary alicyclic amines) is 1. The van der Waals surface area contributed by atoms with Crippen LogP contribution in [0.2, 0.25) is 5.02 Å². The molecule has 0 saturated carbocycles. The molecule has 2 atom stereocenters. The molecular weight excluding hydrogens is 560 g/mol. The van der Waals surface area contributed by atoms with Crippen LogP contribution in [-0.4, -0.2) is 68.3 Å². The molecule has 3 rings (SSSR count). The van der Waals surface area contributed by atoms with Gasteiger partial charge in [0.05, 0.1) is 32.4 Å². The Kier molecular flexibility index (Phi) is 11.7. The maximum atomic E-state index is 13.9. The molecule has 2 aromatic carbocycles. The number of hydrogen-bond acceptors (Lipinski definition) is 7. The van der Waals surface area contributed by atoms with Crippen LogP contribution in [0.3, 0.4) is 0 Å². The fourth-order valence-corrected chi connectivity index (χ4v) is 5.45. The summed E-state index contributed by atoms with van der Waals surface area (Å²) in [6, 6.07) is 10.3. The van der Waals surface area contributed by atoms with E-state index < -0.39 is 6.10 Å². The van der Waals surface area contributed by atoms with Crippen molar-refractivity contribution in [2.24, 2.45) is 11.3 Å². The topological polar surface area (TPSA) is 106 Å². The molecule has 1 aliphatic heterocycles. The third-order valence-corrected chi connectivity index (χ3v) is 7.39. The van der Waals surface area contributed by atoms with Crippen molar-refractivity contribution in [3.8, 4) is 11.5 Å². The smallest absolute Gasteiger partial charge is 0.310 e. The van der Waals surface area contributed by atoms with E-state index >= 15 is 0 Å². The van der Waals surface area contributed by atoms with E-state index in [1.54, 1.807) is 53.1 Å². The van der Waals surface area contributed by atoms with Gasteiger partial charge in [0.15, 0.2) is 0 Å². The average molecular weight is 603 g/mol. The van der Waals surface area contributed by atoms with Crippen LogP contribution in [-0.2, 0) is 19.1 Å². The maximum Gasteiger partial charge on any atom is 0.310 e. The van der Waals surface area contributed by atoms with Crippen molar-refractivity contribution in [3.05, 3.63) is 52.5 Å². The summed E-state index contributed by atoms with van der Waals surface area (Å²) < 4.78 is 16.3. The summed E-state index contributed by atoms with van der Waals surface area (Å²) >= 11 is 6.46.